The highest BCUT2D eigenvalue weighted by molar-refractivity contribution is 14.0. The molecular weight excluding hydrogens is 431 g/mol. The minimum Gasteiger partial charge on any atom is -0.461 e. The van der Waals surface area contributed by atoms with Crippen molar-refractivity contribution in [3.8, 4) is 11.6 Å². The molecule has 0 unspecified atom stereocenters. The second kappa shape index (κ2) is 7.35. The standard InChI is InChI=1S/C17H26N6O.HI/c1-6-18-15(23-11-16(2,3)17(23,4)5)19-10-13-20-14(22-21-13)12-8-7-9-24-12;/h7-9H,6,10-11H2,1-5H3,(H,18,19)(H,20,21,22);1H. The van der Waals surface area contributed by atoms with Crippen LogP contribution in [0.25, 0.3) is 11.6 Å². The van der Waals surface area contributed by atoms with E-state index in [0.29, 0.717) is 18.1 Å². The first-order valence-corrected chi connectivity index (χ1v) is 8.36. The Balaban J connectivity index is 0.00000225. The fraction of sp³-hybridized carbons (Fsp3) is 0.588. The van der Waals surface area contributed by atoms with Gasteiger partial charge in [0.15, 0.2) is 11.7 Å². The number of hydrogen-bond acceptors (Lipinski definition) is 4. The SMILES string of the molecule is CCNC(=NCc1nc(-c2ccco2)n[nH]1)N1CC(C)(C)C1(C)C.I. The van der Waals surface area contributed by atoms with Gasteiger partial charge in [0, 0.05) is 24.0 Å². The van der Waals surface area contributed by atoms with Crippen molar-refractivity contribution in [2.75, 3.05) is 13.1 Å². The number of hydrogen-bond donors (Lipinski definition) is 2. The molecule has 8 heteroatoms. The van der Waals surface area contributed by atoms with Gasteiger partial charge in [-0.2, -0.15) is 0 Å². The normalized spacial score (nSPS) is 18.4. The van der Waals surface area contributed by atoms with Gasteiger partial charge in [-0.15, -0.1) is 29.1 Å². The number of nitrogens with one attached hydrogen (secondary N) is 2. The number of aromatic nitrogens is 3. The molecule has 2 aromatic heterocycles. The number of halogens is 1. The second-order valence-electron chi connectivity index (χ2n) is 7.28. The first-order chi connectivity index (χ1) is 11.3. The van der Waals surface area contributed by atoms with Crippen molar-refractivity contribution >= 4 is 29.9 Å². The lowest BCUT2D eigenvalue weighted by atomic mass is 9.65. The van der Waals surface area contributed by atoms with E-state index in [2.05, 4.69) is 60.0 Å². The van der Waals surface area contributed by atoms with Crippen molar-refractivity contribution in [2.24, 2.45) is 10.4 Å². The summed E-state index contributed by atoms with van der Waals surface area (Å²) in [7, 11) is 0. The number of rotatable bonds is 4. The first-order valence-electron chi connectivity index (χ1n) is 8.36. The molecule has 0 radical (unpaired) electrons. The maximum atomic E-state index is 5.31. The highest BCUT2D eigenvalue weighted by Crippen LogP contribution is 2.46. The maximum Gasteiger partial charge on any atom is 0.216 e. The lowest BCUT2D eigenvalue weighted by molar-refractivity contribution is -0.0667. The predicted molar refractivity (Wildman–Crippen MR) is 109 cm³/mol. The van der Waals surface area contributed by atoms with Crippen LogP contribution < -0.4 is 5.32 Å². The van der Waals surface area contributed by atoms with Crippen LogP contribution in [0.5, 0.6) is 0 Å². The Morgan fingerprint density at radius 2 is 2.16 bits per heavy atom. The summed E-state index contributed by atoms with van der Waals surface area (Å²) in [6.45, 7) is 13.4. The third kappa shape index (κ3) is 3.68. The fourth-order valence-electron chi connectivity index (χ4n) is 2.83. The second-order valence-corrected chi connectivity index (χ2v) is 7.28. The number of aromatic amines is 1. The zero-order chi connectivity index (χ0) is 17.4. The van der Waals surface area contributed by atoms with Crippen LogP contribution in [-0.2, 0) is 6.54 Å². The van der Waals surface area contributed by atoms with Gasteiger partial charge in [-0.25, -0.2) is 9.98 Å². The molecule has 25 heavy (non-hydrogen) atoms. The Bertz CT molecular complexity index is 719. The molecule has 7 nitrogen and oxygen atoms in total. The van der Waals surface area contributed by atoms with Crippen molar-refractivity contribution in [3.63, 3.8) is 0 Å². The Morgan fingerprint density at radius 3 is 2.72 bits per heavy atom. The van der Waals surface area contributed by atoms with Crippen molar-refractivity contribution in [2.45, 2.75) is 46.7 Å². The molecule has 1 saturated heterocycles. The number of guanidine groups is 1. The minimum absolute atomic E-state index is 0. The molecule has 0 saturated carbocycles. The van der Waals surface area contributed by atoms with E-state index in [1.165, 1.54) is 0 Å². The predicted octanol–water partition coefficient (Wildman–Crippen LogP) is 3.27. The van der Waals surface area contributed by atoms with Crippen molar-refractivity contribution in [1.29, 1.82) is 0 Å². The van der Waals surface area contributed by atoms with Gasteiger partial charge < -0.3 is 14.6 Å². The van der Waals surface area contributed by atoms with E-state index in [4.69, 9.17) is 9.41 Å². The Kier molecular flexibility index (Phi) is 5.80. The summed E-state index contributed by atoms with van der Waals surface area (Å²) in [6.07, 6.45) is 1.61. The average molecular weight is 458 g/mol. The van der Waals surface area contributed by atoms with Crippen molar-refractivity contribution in [1.82, 2.24) is 25.4 Å². The summed E-state index contributed by atoms with van der Waals surface area (Å²) in [6, 6.07) is 3.66. The summed E-state index contributed by atoms with van der Waals surface area (Å²) in [4.78, 5) is 11.5. The molecule has 2 N–H and O–H groups in total. The molecular formula is C17H27IN6O. The van der Waals surface area contributed by atoms with Crippen LogP contribution in [0.15, 0.2) is 27.8 Å². The van der Waals surface area contributed by atoms with Gasteiger partial charge in [0.25, 0.3) is 0 Å². The van der Waals surface area contributed by atoms with Crippen LogP contribution in [0, 0.1) is 5.41 Å². The smallest absolute Gasteiger partial charge is 0.216 e. The molecule has 0 atom stereocenters. The van der Waals surface area contributed by atoms with Crippen LogP contribution in [0.3, 0.4) is 0 Å². The molecule has 1 fully saturated rings. The van der Waals surface area contributed by atoms with E-state index in [1.807, 2.05) is 12.1 Å². The molecule has 1 aliphatic rings. The van der Waals surface area contributed by atoms with Gasteiger partial charge in [-0.05, 0) is 32.9 Å². The number of aliphatic imine (C=N–C) groups is 1. The van der Waals surface area contributed by atoms with Crippen LogP contribution in [-0.4, -0.2) is 44.7 Å². The van der Waals surface area contributed by atoms with E-state index >= 15 is 0 Å². The van der Waals surface area contributed by atoms with Gasteiger partial charge >= 0.3 is 0 Å². The quantitative estimate of drug-likeness (QED) is 0.418. The third-order valence-electron chi connectivity index (χ3n) is 5.13. The summed E-state index contributed by atoms with van der Waals surface area (Å²) >= 11 is 0. The number of nitrogens with zero attached hydrogens (tertiary/aromatic N) is 4. The Labute approximate surface area is 165 Å². The van der Waals surface area contributed by atoms with Gasteiger partial charge in [-0.3, -0.25) is 5.10 Å². The number of likely N-dealkylation sites (tertiary alicyclic amines) is 1. The largest absolute Gasteiger partial charge is 0.461 e. The van der Waals surface area contributed by atoms with Crippen molar-refractivity contribution < 1.29 is 4.42 Å². The zero-order valence-electron chi connectivity index (χ0n) is 15.5. The molecule has 0 bridgehead atoms. The Morgan fingerprint density at radius 1 is 1.40 bits per heavy atom. The number of H-pyrrole nitrogens is 1. The third-order valence-corrected chi connectivity index (χ3v) is 5.13. The van der Waals surface area contributed by atoms with E-state index in [-0.39, 0.29) is 34.9 Å². The van der Waals surface area contributed by atoms with E-state index in [0.717, 1.165) is 24.9 Å². The fourth-order valence-corrected chi connectivity index (χ4v) is 2.83. The number of furan rings is 1. The zero-order valence-corrected chi connectivity index (χ0v) is 17.8. The lowest BCUT2D eigenvalue weighted by Gasteiger charge is -2.62. The van der Waals surface area contributed by atoms with Gasteiger partial charge in [0.05, 0.1) is 6.26 Å². The maximum absolute atomic E-state index is 5.31. The van der Waals surface area contributed by atoms with Gasteiger partial charge in [-0.1, -0.05) is 13.8 Å². The molecule has 1 aliphatic heterocycles. The average Bonchev–Trinajstić information content (AvgIpc) is 3.20. The lowest BCUT2D eigenvalue weighted by Crippen LogP contribution is -2.72. The van der Waals surface area contributed by atoms with Gasteiger partial charge in [0.2, 0.25) is 5.82 Å². The molecule has 0 aliphatic carbocycles. The molecule has 3 rings (SSSR count). The monoisotopic (exact) mass is 458 g/mol. The van der Waals surface area contributed by atoms with Crippen molar-refractivity contribution in [3.05, 3.63) is 24.2 Å². The summed E-state index contributed by atoms with van der Waals surface area (Å²) in [5.41, 5.74) is 0.330. The Hall–Kier alpha value is -1.58. The highest BCUT2D eigenvalue weighted by atomic mass is 127. The molecule has 0 spiro atoms. The van der Waals surface area contributed by atoms with Crippen LogP contribution in [0.2, 0.25) is 0 Å². The molecule has 0 amide bonds. The highest BCUT2D eigenvalue weighted by Gasteiger charge is 2.53. The van der Waals surface area contributed by atoms with Crippen LogP contribution >= 0.6 is 24.0 Å². The molecule has 2 aromatic rings. The summed E-state index contributed by atoms with van der Waals surface area (Å²) in [5.74, 6) is 2.84. The molecule has 0 aromatic carbocycles. The first kappa shape index (κ1) is 19.7. The molecule has 3 heterocycles. The molecule has 138 valence electrons. The van der Waals surface area contributed by atoms with E-state index in [1.54, 1.807) is 6.26 Å². The topological polar surface area (TPSA) is 82.3 Å². The van der Waals surface area contributed by atoms with E-state index < -0.39 is 0 Å². The summed E-state index contributed by atoms with van der Waals surface area (Å²) in [5, 5.41) is 10.5. The minimum atomic E-state index is 0. The summed E-state index contributed by atoms with van der Waals surface area (Å²) < 4.78 is 5.31. The van der Waals surface area contributed by atoms with Crippen LogP contribution in [0.1, 0.15) is 40.4 Å². The van der Waals surface area contributed by atoms with Gasteiger partial charge in [0.1, 0.15) is 12.4 Å². The van der Waals surface area contributed by atoms with E-state index in [9.17, 15) is 0 Å². The van der Waals surface area contributed by atoms with Crippen LogP contribution in [0.4, 0.5) is 0 Å².